The molecule has 0 aliphatic heterocycles. The minimum atomic E-state index is -0.378. The molecule has 1 atom stereocenters. The van der Waals surface area contributed by atoms with E-state index in [2.05, 4.69) is 77.1 Å². The van der Waals surface area contributed by atoms with Crippen molar-refractivity contribution < 1.29 is 4.79 Å². The summed E-state index contributed by atoms with van der Waals surface area (Å²) in [6.07, 6.45) is 0. The molecule has 2 amide bonds. The number of aromatic nitrogens is 3. The zero-order valence-corrected chi connectivity index (χ0v) is 21.9. The molecular weight excluding hydrogens is 478 g/mol. The van der Waals surface area contributed by atoms with Gasteiger partial charge in [-0.3, -0.25) is 4.57 Å². The quantitative estimate of drug-likeness (QED) is 0.228. The van der Waals surface area contributed by atoms with Crippen LogP contribution in [0.3, 0.4) is 0 Å². The van der Waals surface area contributed by atoms with Crippen molar-refractivity contribution in [1.29, 1.82) is 0 Å². The van der Waals surface area contributed by atoms with Crippen LogP contribution < -0.4 is 10.6 Å². The first-order valence-electron chi connectivity index (χ1n) is 12.2. The SMILES string of the molecule is Cc1ccc(-n2c(SCc3ccccc3C)nnc2C(C)NC(=O)Nc2cccc3ccccc23)cc1. The topological polar surface area (TPSA) is 71.8 Å². The van der Waals surface area contributed by atoms with Gasteiger partial charge >= 0.3 is 6.03 Å². The molecule has 37 heavy (non-hydrogen) atoms. The molecule has 1 aromatic heterocycles. The molecule has 186 valence electrons. The van der Waals surface area contributed by atoms with Crippen molar-refractivity contribution in [3.05, 3.63) is 114 Å². The highest BCUT2D eigenvalue weighted by molar-refractivity contribution is 7.98. The van der Waals surface area contributed by atoms with Gasteiger partial charge in [-0.2, -0.15) is 0 Å². The van der Waals surface area contributed by atoms with Gasteiger partial charge < -0.3 is 10.6 Å². The van der Waals surface area contributed by atoms with Crippen LogP contribution in [0, 0.1) is 13.8 Å². The van der Waals surface area contributed by atoms with Gasteiger partial charge in [0, 0.05) is 16.8 Å². The lowest BCUT2D eigenvalue weighted by Crippen LogP contribution is -2.32. The Hall–Kier alpha value is -4.10. The molecule has 0 bridgehead atoms. The number of fused-ring (bicyclic) bond motifs is 1. The zero-order chi connectivity index (χ0) is 25.8. The number of carbonyl (C=O) groups is 1. The minimum absolute atomic E-state index is 0.295. The number of hydrogen-bond donors (Lipinski definition) is 2. The largest absolute Gasteiger partial charge is 0.328 e. The fraction of sp³-hybridized carbons (Fsp3) is 0.167. The second-order valence-corrected chi connectivity index (χ2v) is 10.0. The average Bonchev–Trinajstić information content (AvgIpc) is 3.33. The van der Waals surface area contributed by atoms with E-state index in [1.807, 2.05) is 60.0 Å². The van der Waals surface area contributed by atoms with Crippen LogP contribution in [-0.4, -0.2) is 20.8 Å². The Morgan fingerprint density at radius 3 is 2.43 bits per heavy atom. The van der Waals surface area contributed by atoms with Crippen LogP contribution in [0.1, 0.15) is 35.5 Å². The Morgan fingerprint density at radius 2 is 1.62 bits per heavy atom. The first-order valence-corrected chi connectivity index (χ1v) is 13.2. The molecule has 0 saturated heterocycles. The fourth-order valence-electron chi connectivity index (χ4n) is 4.26. The Kier molecular flexibility index (Phi) is 7.23. The van der Waals surface area contributed by atoms with E-state index in [0.29, 0.717) is 5.82 Å². The highest BCUT2D eigenvalue weighted by Gasteiger charge is 2.21. The van der Waals surface area contributed by atoms with E-state index in [9.17, 15) is 4.79 Å². The van der Waals surface area contributed by atoms with E-state index in [1.165, 1.54) is 16.7 Å². The van der Waals surface area contributed by atoms with Gasteiger partial charge in [0.15, 0.2) is 11.0 Å². The summed E-state index contributed by atoms with van der Waals surface area (Å²) in [7, 11) is 0. The summed E-state index contributed by atoms with van der Waals surface area (Å²) in [5, 5.41) is 17.9. The van der Waals surface area contributed by atoms with E-state index in [1.54, 1.807) is 11.8 Å². The average molecular weight is 508 g/mol. The van der Waals surface area contributed by atoms with Crippen LogP contribution in [0.2, 0.25) is 0 Å². The molecule has 1 heterocycles. The summed E-state index contributed by atoms with van der Waals surface area (Å²) in [5.74, 6) is 1.45. The Morgan fingerprint density at radius 1 is 0.892 bits per heavy atom. The molecular formula is C30H29N5OS. The molecule has 6 nitrogen and oxygen atoms in total. The highest BCUT2D eigenvalue weighted by atomic mass is 32.2. The predicted octanol–water partition coefficient (Wildman–Crippen LogP) is 7.21. The number of thioether (sulfide) groups is 1. The summed E-state index contributed by atoms with van der Waals surface area (Å²) in [5.41, 5.74) is 5.40. The normalized spacial score (nSPS) is 11.9. The van der Waals surface area contributed by atoms with Crippen molar-refractivity contribution in [3.8, 4) is 5.69 Å². The van der Waals surface area contributed by atoms with Gasteiger partial charge in [0.2, 0.25) is 0 Å². The molecule has 0 aliphatic rings. The maximum atomic E-state index is 13.0. The van der Waals surface area contributed by atoms with E-state index >= 15 is 0 Å². The molecule has 0 fully saturated rings. The highest BCUT2D eigenvalue weighted by Crippen LogP contribution is 2.29. The number of carbonyl (C=O) groups excluding carboxylic acids is 1. The summed E-state index contributed by atoms with van der Waals surface area (Å²) in [4.78, 5) is 13.0. The van der Waals surface area contributed by atoms with Gasteiger partial charge in [0.25, 0.3) is 0 Å². The van der Waals surface area contributed by atoms with E-state index in [-0.39, 0.29) is 12.1 Å². The zero-order valence-electron chi connectivity index (χ0n) is 21.1. The van der Waals surface area contributed by atoms with Crippen molar-refractivity contribution in [2.24, 2.45) is 0 Å². The monoisotopic (exact) mass is 507 g/mol. The van der Waals surface area contributed by atoms with Gasteiger partial charge in [-0.15, -0.1) is 10.2 Å². The third-order valence-corrected chi connectivity index (χ3v) is 7.32. The van der Waals surface area contributed by atoms with Crippen molar-refractivity contribution in [2.75, 3.05) is 5.32 Å². The maximum absolute atomic E-state index is 13.0. The van der Waals surface area contributed by atoms with Gasteiger partial charge in [-0.05, 0) is 55.5 Å². The Bertz CT molecular complexity index is 1540. The first kappa shape index (κ1) is 24.6. The van der Waals surface area contributed by atoms with Crippen LogP contribution in [0.25, 0.3) is 16.5 Å². The smallest absolute Gasteiger partial charge is 0.319 e. The number of anilines is 1. The Labute approximate surface area is 221 Å². The molecule has 0 saturated carbocycles. The standard InChI is InChI=1S/C30H29N5OS/c1-20-15-17-25(18-16-20)35-28(33-34-30(35)37-19-24-11-5-4-9-21(24)2)22(3)31-29(36)32-27-14-8-12-23-10-6-7-13-26(23)27/h4-18,22H,19H2,1-3H3,(H2,31,32,36). The van der Waals surface area contributed by atoms with Crippen LogP contribution in [0.15, 0.2) is 96.2 Å². The third-order valence-electron chi connectivity index (χ3n) is 6.34. The van der Waals surface area contributed by atoms with Gasteiger partial charge in [0.05, 0.1) is 11.7 Å². The molecule has 0 radical (unpaired) electrons. The fourth-order valence-corrected chi connectivity index (χ4v) is 5.30. The summed E-state index contributed by atoms with van der Waals surface area (Å²) >= 11 is 1.64. The molecule has 7 heteroatoms. The van der Waals surface area contributed by atoms with Gasteiger partial charge in [-0.1, -0.05) is 90.1 Å². The maximum Gasteiger partial charge on any atom is 0.319 e. The number of aryl methyl sites for hydroxylation is 2. The molecule has 0 aliphatic carbocycles. The van der Waals surface area contributed by atoms with E-state index < -0.39 is 0 Å². The summed E-state index contributed by atoms with van der Waals surface area (Å²) in [6.45, 7) is 6.10. The molecule has 0 spiro atoms. The number of hydrogen-bond acceptors (Lipinski definition) is 4. The lowest BCUT2D eigenvalue weighted by atomic mass is 10.1. The molecule has 5 rings (SSSR count). The predicted molar refractivity (Wildman–Crippen MR) is 151 cm³/mol. The van der Waals surface area contributed by atoms with Crippen LogP contribution in [0.5, 0.6) is 0 Å². The number of nitrogens with one attached hydrogen (secondary N) is 2. The molecule has 2 N–H and O–H groups in total. The Balaban J connectivity index is 1.39. The van der Waals surface area contributed by atoms with E-state index in [0.717, 1.165) is 33.1 Å². The van der Waals surface area contributed by atoms with Crippen LogP contribution >= 0.6 is 11.8 Å². The number of benzene rings is 4. The second-order valence-electron chi connectivity index (χ2n) is 9.07. The van der Waals surface area contributed by atoms with Gasteiger partial charge in [-0.25, -0.2) is 4.79 Å². The van der Waals surface area contributed by atoms with Crippen molar-refractivity contribution in [1.82, 2.24) is 20.1 Å². The van der Waals surface area contributed by atoms with Crippen molar-refractivity contribution in [3.63, 3.8) is 0 Å². The lowest BCUT2D eigenvalue weighted by Gasteiger charge is -2.17. The second kappa shape index (κ2) is 10.9. The molecule has 4 aromatic carbocycles. The third kappa shape index (κ3) is 5.52. The number of urea groups is 1. The van der Waals surface area contributed by atoms with E-state index in [4.69, 9.17) is 0 Å². The van der Waals surface area contributed by atoms with Crippen molar-refractivity contribution in [2.45, 2.75) is 37.7 Å². The van der Waals surface area contributed by atoms with Crippen LogP contribution in [0.4, 0.5) is 10.5 Å². The van der Waals surface area contributed by atoms with Gasteiger partial charge in [0.1, 0.15) is 0 Å². The van der Waals surface area contributed by atoms with Crippen LogP contribution in [-0.2, 0) is 5.75 Å². The molecule has 5 aromatic rings. The summed E-state index contributed by atoms with van der Waals surface area (Å²) in [6, 6.07) is 29.8. The lowest BCUT2D eigenvalue weighted by molar-refractivity contribution is 0.249. The number of nitrogens with zero attached hydrogens (tertiary/aromatic N) is 3. The summed E-state index contributed by atoms with van der Waals surface area (Å²) < 4.78 is 2.03. The number of rotatable bonds is 7. The number of amides is 2. The minimum Gasteiger partial charge on any atom is -0.328 e. The van der Waals surface area contributed by atoms with Crippen molar-refractivity contribution >= 4 is 34.3 Å². The first-order chi connectivity index (χ1) is 18.0. The molecule has 1 unspecified atom stereocenters.